The van der Waals surface area contributed by atoms with Crippen molar-refractivity contribution in [2.75, 3.05) is 33.7 Å². The number of para-hydroxylation sites is 2. The Morgan fingerprint density at radius 2 is 2.04 bits per heavy atom. The summed E-state index contributed by atoms with van der Waals surface area (Å²) in [7, 11) is 4.05. The number of rotatable bonds is 6. The molecule has 1 aromatic heterocycles. The number of likely N-dealkylation sites (N-methyl/N-ethyl adjacent to an activating group) is 1. The highest BCUT2D eigenvalue weighted by Crippen LogP contribution is 2.25. The number of piperidine rings is 1. The van der Waals surface area contributed by atoms with Crippen LogP contribution in [0.25, 0.3) is 11.0 Å². The lowest BCUT2D eigenvalue weighted by Crippen LogP contribution is -2.53. The van der Waals surface area contributed by atoms with Gasteiger partial charge in [-0.05, 0) is 51.5 Å². The number of aromatic nitrogens is 2. The Kier molecular flexibility index (Phi) is 5.46. The van der Waals surface area contributed by atoms with E-state index >= 15 is 0 Å². The molecular formula is C20H32N4O. The SMILES string of the molecule is CC(C)Cn1c(CN2CCC[C@](O)(CN(C)C)C2)nc2ccccc21. The summed E-state index contributed by atoms with van der Waals surface area (Å²) in [4.78, 5) is 9.34. The first kappa shape index (κ1) is 18.4. The molecule has 1 atom stereocenters. The van der Waals surface area contributed by atoms with Crippen molar-refractivity contribution >= 4 is 11.0 Å². The summed E-state index contributed by atoms with van der Waals surface area (Å²) in [6.07, 6.45) is 1.92. The second-order valence-electron chi connectivity index (χ2n) is 8.30. The lowest BCUT2D eigenvalue weighted by Gasteiger charge is -2.40. The number of aliphatic hydroxyl groups is 1. The second-order valence-corrected chi connectivity index (χ2v) is 8.30. The molecule has 0 unspecified atom stereocenters. The summed E-state index contributed by atoms with van der Waals surface area (Å²) in [5, 5.41) is 10.9. The van der Waals surface area contributed by atoms with Crippen molar-refractivity contribution in [1.29, 1.82) is 0 Å². The van der Waals surface area contributed by atoms with E-state index in [1.54, 1.807) is 0 Å². The Labute approximate surface area is 151 Å². The van der Waals surface area contributed by atoms with Crippen molar-refractivity contribution in [1.82, 2.24) is 19.4 Å². The molecule has 3 rings (SSSR count). The first-order valence-corrected chi connectivity index (χ1v) is 9.40. The van der Waals surface area contributed by atoms with Crippen LogP contribution >= 0.6 is 0 Å². The van der Waals surface area contributed by atoms with Crippen LogP contribution in [-0.2, 0) is 13.1 Å². The van der Waals surface area contributed by atoms with Gasteiger partial charge in [0.1, 0.15) is 5.82 Å². The van der Waals surface area contributed by atoms with Gasteiger partial charge < -0.3 is 14.6 Å². The molecule has 5 heteroatoms. The molecule has 0 amide bonds. The third-order valence-electron chi connectivity index (χ3n) is 4.89. The Balaban J connectivity index is 1.82. The van der Waals surface area contributed by atoms with Crippen LogP contribution in [0.1, 0.15) is 32.5 Å². The minimum atomic E-state index is -0.614. The topological polar surface area (TPSA) is 44.5 Å². The van der Waals surface area contributed by atoms with Gasteiger partial charge in [-0.15, -0.1) is 0 Å². The van der Waals surface area contributed by atoms with Crippen molar-refractivity contribution in [3.05, 3.63) is 30.1 Å². The number of hydrogen-bond acceptors (Lipinski definition) is 4. The minimum absolute atomic E-state index is 0.573. The average molecular weight is 345 g/mol. The van der Waals surface area contributed by atoms with Gasteiger partial charge in [-0.3, -0.25) is 4.90 Å². The van der Waals surface area contributed by atoms with Crippen LogP contribution in [0.3, 0.4) is 0 Å². The van der Waals surface area contributed by atoms with Crippen LogP contribution in [0.2, 0.25) is 0 Å². The van der Waals surface area contributed by atoms with E-state index in [1.807, 2.05) is 14.1 Å². The highest BCUT2D eigenvalue weighted by atomic mass is 16.3. The molecule has 1 aliphatic heterocycles. The molecule has 1 fully saturated rings. The largest absolute Gasteiger partial charge is 0.387 e. The number of β-amino-alcohol motifs (C(OH)–C–C–N with tert-alkyl or cyclic N) is 1. The molecule has 1 aromatic carbocycles. The zero-order valence-electron chi connectivity index (χ0n) is 16.1. The fraction of sp³-hybridized carbons (Fsp3) is 0.650. The van der Waals surface area contributed by atoms with E-state index < -0.39 is 5.60 Å². The number of hydrogen-bond donors (Lipinski definition) is 1. The molecule has 1 N–H and O–H groups in total. The highest BCUT2D eigenvalue weighted by Gasteiger charge is 2.34. The van der Waals surface area contributed by atoms with Crippen LogP contribution in [0.4, 0.5) is 0 Å². The molecule has 0 spiro atoms. The van der Waals surface area contributed by atoms with Gasteiger partial charge in [0.15, 0.2) is 0 Å². The minimum Gasteiger partial charge on any atom is -0.387 e. The number of imidazole rings is 1. The molecule has 1 saturated heterocycles. The number of benzene rings is 1. The van der Waals surface area contributed by atoms with Gasteiger partial charge in [-0.2, -0.15) is 0 Å². The Morgan fingerprint density at radius 1 is 1.28 bits per heavy atom. The van der Waals surface area contributed by atoms with E-state index in [2.05, 4.69) is 52.5 Å². The molecule has 25 heavy (non-hydrogen) atoms. The van der Waals surface area contributed by atoms with Crippen LogP contribution < -0.4 is 0 Å². The van der Waals surface area contributed by atoms with Crippen molar-refractivity contribution in [3.63, 3.8) is 0 Å². The summed E-state index contributed by atoms with van der Waals surface area (Å²) in [5.74, 6) is 1.69. The van der Waals surface area contributed by atoms with E-state index in [9.17, 15) is 5.11 Å². The van der Waals surface area contributed by atoms with Gasteiger partial charge >= 0.3 is 0 Å². The van der Waals surface area contributed by atoms with Gasteiger partial charge in [0.05, 0.1) is 23.2 Å². The zero-order chi connectivity index (χ0) is 18.0. The quantitative estimate of drug-likeness (QED) is 0.875. The molecule has 2 aromatic rings. The fourth-order valence-corrected chi connectivity index (χ4v) is 4.07. The van der Waals surface area contributed by atoms with Gasteiger partial charge in [-0.25, -0.2) is 4.98 Å². The zero-order valence-corrected chi connectivity index (χ0v) is 16.1. The summed E-state index contributed by atoms with van der Waals surface area (Å²) in [6.45, 7) is 8.73. The van der Waals surface area contributed by atoms with Crippen LogP contribution in [0.15, 0.2) is 24.3 Å². The first-order valence-electron chi connectivity index (χ1n) is 9.40. The van der Waals surface area contributed by atoms with E-state index in [0.29, 0.717) is 12.5 Å². The summed E-state index contributed by atoms with van der Waals surface area (Å²) >= 11 is 0. The third-order valence-corrected chi connectivity index (χ3v) is 4.89. The van der Waals surface area contributed by atoms with Crippen molar-refractivity contribution in [2.45, 2.75) is 45.4 Å². The maximum atomic E-state index is 10.9. The number of nitrogens with zero attached hydrogens (tertiary/aromatic N) is 4. The molecule has 2 heterocycles. The van der Waals surface area contributed by atoms with Crippen LogP contribution in [-0.4, -0.2) is 63.8 Å². The van der Waals surface area contributed by atoms with E-state index in [-0.39, 0.29) is 0 Å². The summed E-state index contributed by atoms with van der Waals surface area (Å²) < 4.78 is 2.36. The van der Waals surface area contributed by atoms with Gasteiger partial charge in [0, 0.05) is 19.6 Å². The standard InChI is InChI=1S/C20H32N4O/c1-16(2)12-24-18-9-6-5-8-17(18)21-19(24)13-23-11-7-10-20(25,15-23)14-22(3)4/h5-6,8-9,16,25H,7,10-15H2,1-4H3/t20-/m0/s1. The van der Waals surface area contributed by atoms with Gasteiger partial charge in [0.25, 0.3) is 0 Å². The van der Waals surface area contributed by atoms with Crippen molar-refractivity contribution in [2.24, 2.45) is 5.92 Å². The number of likely N-dealkylation sites (tertiary alicyclic amines) is 1. The monoisotopic (exact) mass is 344 g/mol. The molecule has 0 aliphatic carbocycles. The molecule has 5 nitrogen and oxygen atoms in total. The summed E-state index contributed by atoms with van der Waals surface area (Å²) in [5.41, 5.74) is 1.67. The lowest BCUT2D eigenvalue weighted by molar-refractivity contribution is -0.0487. The van der Waals surface area contributed by atoms with Crippen LogP contribution in [0, 0.1) is 5.92 Å². The molecule has 138 valence electrons. The Hall–Kier alpha value is -1.43. The lowest BCUT2D eigenvalue weighted by atomic mass is 9.92. The van der Waals surface area contributed by atoms with E-state index in [0.717, 1.165) is 50.4 Å². The van der Waals surface area contributed by atoms with Gasteiger partial charge in [-0.1, -0.05) is 26.0 Å². The highest BCUT2D eigenvalue weighted by molar-refractivity contribution is 5.75. The fourth-order valence-electron chi connectivity index (χ4n) is 4.07. The van der Waals surface area contributed by atoms with Crippen molar-refractivity contribution < 1.29 is 5.11 Å². The maximum Gasteiger partial charge on any atom is 0.124 e. The Morgan fingerprint density at radius 3 is 2.76 bits per heavy atom. The molecule has 0 saturated carbocycles. The van der Waals surface area contributed by atoms with E-state index in [4.69, 9.17) is 4.98 Å². The average Bonchev–Trinajstić information content (AvgIpc) is 2.83. The normalized spacial score (nSPS) is 22.4. The van der Waals surface area contributed by atoms with Crippen molar-refractivity contribution in [3.8, 4) is 0 Å². The molecule has 0 bridgehead atoms. The predicted octanol–water partition coefficient (Wildman–Crippen LogP) is 2.58. The summed E-state index contributed by atoms with van der Waals surface area (Å²) in [6, 6.07) is 8.39. The van der Waals surface area contributed by atoms with Gasteiger partial charge in [0.2, 0.25) is 0 Å². The number of fused-ring (bicyclic) bond motifs is 1. The predicted molar refractivity (Wildman–Crippen MR) is 103 cm³/mol. The first-order chi connectivity index (χ1) is 11.9. The smallest absolute Gasteiger partial charge is 0.124 e. The third kappa shape index (κ3) is 4.40. The molecule has 1 aliphatic rings. The van der Waals surface area contributed by atoms with E-state index in [1.165, 1.54) is 5.52 Å². The molecular weight excluding hydrogens is 312 g/mol. The second kappa shape index (κ2) is 7.44. The Bertz CT molecular complexity index is 709. The molecule has 0 radical (unpaired) electrons. The van der Waals surface area contributed by atoms with Crippen LogP contribution in [0.5, 0.6) is 0 Å². The maximum absolute atomic E-state index is 10.9.